The monoisotopic (exact) mass is 290 g/mol. The van der Waals surface area contributed by atoms with Gasteiger partial charge in [0.2, 0.25) is 0 Å². The van der Waals surface area contributed by atoms with Crippen molar-refractivity contribution in [2.45, 2.75) is 26.2 Å². The van der Waals surface area contributed by atoms with E-state index in [9.17, 15) is 0 Å². The molecule has 0 saturated heterocycles. The first-order chi connectivity index (χ1) is 9.40. The van der Waals surface area contributed by atoms with Crippen LogP contribution in [-0.2, 0) is 5.41 Å². The van der Waals surface area contributed by atoms with Gasteiger partial charge in [-0.25, -0.2) is 9.97 Å². The van der Waals surface area contributed by atoms with Crippen LogP contribution in [-0.4, -0.2) is 17.0 Å². The lowest BCUT2D eigenvalue weighted by Gasteiger charge is -2.19. The molecular formula is C15H19ClN4. The zero-order valence-electron chi connectivity index (χ0n) is 12.2. The lowest BCUT2D eigenvalue weighted by molar-refractivity contribution is 0.547. The van der Waals surface area contributed by atoms with E-state index in [0.29, 0.717) is 5.02 Å². The molecule has 0 aliphatic rings. The third-order valence-electron chi connectivity index (χ3n) is 2.79. The Bertz CT molecular complexity index is 605. The SMILES string of the molecule is CNc1cc(Nc2ccccc2Cl)nc(C(C)(C)C)n1. The van der Waals surface area contributed by atoms with Crippen molar-refractivity contribution in [2.75, 3.05) is 17.7 Å². The summed E-state index contributed by atoms with van der Waals surface area (Å²) >= 11 is 6.16. The summed E-state index contributed by atoms with van der Waals surface area (Å²) in [5.41, 5.74) is 0.707. The maximum Gasteiger partial charge on any atom is 0.138 e. The van der Waals surface area contributed by atoms with Crippen LogP contribution in [0, 0.1) is 0 Å². The number of para-hydroxylation sites is 1. The Kier molecular flexibility index (Phi) is 4.14. The zero-order chi connectivity index (χ0) is 14.8. The minimum atomic E-state index is -0.121. The van der Waals surface area contributed by atoms with Gasteiger partial charge in [0.05, 0.1) is 10.7 Å². The predicted molar refractivity (Wildman–Crippen MR) is 85.0 cm³/mol. The highest BCUT2D eigenvalue weighted by Crippen LogP contribution is 2.27. The molecule has 0 unspecified atom stereocenters. The molecule has 20 heavy (non-hydrogen) atoms. The summed E-state index contributed by atoms with van der Waals surface area (Å²) in [6.45, 7) is 6.25. The van der Waals surface area contributed by atoms with E-state index in [2.05, 4.69) is 41.4 Å². The fourth-order valence-electron chi connectivity index (χ4n) is 1.68. The van der Waals surface area contributed by atoms with Crippen LogP contribution in [0.5, 0.6) is 0 Å². The summed E-state index contributed by atoms with van der Waals surface area (Å²) in [5.74, 6) is 2.28. The topological polar surface area (TPSA) is 49.8 Å². The van der Waals surface area contributed by atoms with Crippen molar-refractivity contribution in [1.29, 1.82) is 0 Å². The molecule has 0 radical (unpaired) electrons. The molecule has 0 bridgehead atoms. The predicted octanol–water partition coefficient (Wildman–Crippen LogP) is 4.21. The summed E-state index contributed by atoms with van der Waals surface area (Å²) in [5, 5.41) is 6.95. The van der Waals surface area contributed by atoms with Gasteiger partial charge in [-0.15, -0.1) is 0 Å². The third kappa shape index (κ3) is 3.39. The Morgan fingerprint density at radius 1 is 1.05 bits per heavy atom. The minimum Gasteiger partial charge on any atom is -0.373 e. The van der Waals surface area contributed by atoms with Crippen molar-refractivity contribution in [3.8, 4) is 0 Å². The quantitative estimate of drug-likeness (QED) is 0.889. The average Bonchev–Trinajstić information content (AvgIpc) is 2.40. The lowest BCUT2D eigenvalue weighted by Crippen LogP contribution is -2.17. The van der Waals surface area contributed by atoms with Gasteiger partial charge in [0.1, 0.15) is 17.5 Å². The highest BCUT2D eigenvalue weighted by molar-refractivity contribution is 6.33. The number of anilines is 3. The molecule has 0 amide bonds. The molecule has 0 aliphatic heterocycles. The minimum absolute atomic E-state index is 0.121. The molecule has 2 rings (SSSR count). The van der Waals surface area contributed by atoms with E-state index in [1.807, 2.05) is 37.4 Å². The fraction of sp³-hybridized carbons (Fsp3) is 0.333. The second-order valence-electron chi connectivity index (χ2n) is 5.57. The summed E-state index contributed by atoms with van der Waals surface area (Å²) in [6, 6.07) is 9.44. The normalized spacial score (nSPS) is 11.2. The van der Waals surface area contributed by atoms with Crippen LogP contribution in [0.1, 0.15) is 26.6 Å². The van der Waals surface area contributed by atoms with Crippen molar-refractivity contribution in [1.82, 2.24) is 9.97 Å². The molecule has 0 fully saturated rings. The highest BCUT2D eigenvalue weighted by atomic mass is 35.5. The number of benzene rings is 1. The molecule has 0 spiro atoms. The van der Waals surface area contributed by atoms with Crippen molar-refractivity contribution in [3.63, 3.8) is 0 Å². The molecular weight excluding hydrogens is 272 g/mol. The van der Waals surface area contributed by atoms with Gasteiger partial charge in [-0.2, -0.15) is 0 Å². The van der Waals surface area contributed by atoms with E-state index >= 15 is 0 Å². The van der Waals surface area contributed by atoms with Crippen molar-refractivity contribution in [2.24, 2.45) is 0 Å². The molecule has 1 aromatic heterocycles. The number of hydrogen-bond donors (Lipinski definition) is 2. The maximum atomic E-state index is 6.16. The van der Waals surface area contributed by atoms with Crippen LogP contribution in [0.25, 0.3) is 0 Å². The summed E-state index contributed by atoms with van der Waals surface area (Å²) in [6.07, 6.45) is 0. The van der Waals surface area contributed by atoms with Crippen molar-refractivity contribution < 1.29 is 0 Å². The van der Waals surface area contributed by atoms with Crippen LogP contribution in [0.2, 0.25) is 5.02 Å². The Hall–Kier alpha value is -1.81. The second-order valence-corrected chi connectivity index (χ2v) is 5.97. The molecule has 106 valence electrons. The Balaban J connectivity index is 2.39. The van der Waals surface area contributed by atoms with E-state index in [-0.39, 0.29) is 5.41 Å². The first-order valence-corrected chi connectivity index (χ1v) is 6.87. The molecule has 1 aromatic carbocycles. The van der Waals surface area contributed by atoms with E-state index in [1.165, 1.54) is 0 Å². The summed E-state index contributed by atoms with van der Waals surface area (Å²) < 4.78 is 0. The maximum absolute atomic E-state index is 6.16. The molecule has 1 heterocycles. The summed E-state index contributed by atoms with van der Waals surface area (Å²) in [4.78, 5) is 9.06. The van der Waals surface area contributed by atoms with Gasteiger partial charge in [0.15, 0.2) is 0 Å². The largest absolute Gasteiger partial charge is 0.373 e. The molecule has 4 nitrogen and oxygen atoms in total. The van der Waals surface area contributed by atoms with E-state index in [0.717, 1.165) is 23.1 Å². The van der Waals surface area contributed by atoms with Crippen molar-refractivity contribution >= 4 is 28.9 Å². The number of halogens is 1. The van der Waals surface area contributed by atoms with Crippen LogP contribution in [0.3, 0.4) is 0 Å². The van der Waals surface area contributed by atoms with E-state index in [1.54, 1.807) is 0 Å². The summed E-state index contributed by atoms with van der Waals surface area (Å²) in [7, 11) is 1.84. The van der Waals surface area contributed by atoms with Gasteiger partial charge in [0.25, 0.3) is 0 Å². The Morgan fingerprint density at radius 3 is 2.30 bits per heavy atom. The number of nitrogens with one attached hydrogen (secondary N) is 2. The van der Waals surface area contributed by atoms with Gasteiger partial charge < -0.3 is 10.6 Å². The third-order valence-corrected chi connectivity index (χ3v) is 3.12. The molecule has 0 atom stereocenters. The number of rotatable bonds is 3. The highest BCUT2D eigenvalue weighted by Gasteiger charge is 2.19. The number of hydrogen-bond acceptors (Lipinski definition) is 4. The van der Waals surface area contributed by atoms with Crippen LogP contribution < -0.4 is 10.6 Å². The van der Waals surface area contributed by atoms with E-state index in [4.69, 9.17) is 11.6 Å². The van der Waals surface area contributed by atoms with Gasteiger partial charge in [-0.1, -0.05) is 44.5 Å². The average molecular weight is 291 g/mol. The second kappa shape index (κ2) is 5.67. The molecule has 0 aliphatic carbocycles. The Labute approximate surface area is 124 Å². The standard InChI is InChI=1S/C15H19ClN4/c1-15(2,3)14-19-12(17-4)9-13(20-14)18-11-8-6-5-7-10(11)16/h5-9H,1-4H3,(H2,17,18,19,20). The van der Waals surface area contributed by atoms with Gasteiger partial charge in [-0.05, 0) is 12.1 Å². The van der Waals surface area contributed by atoms with Gasteiger partial charge in [0, 0.05) is 18.5 Å². The number of nitrogens with zero attached hydrogens (tertiary/aromatic N) is 2. The lowest BCUT2D eigenvalue weighted by atomic mass is 9.96. The van der Waals surface area contributed by atoms with Gasteiger partial charge in [-0.3, -0.25) is 0 Å². The molecule has 5 heteroatoms. The van der Waals surface area contributed by atoms with Crippen LogP contribution in [0.15, 0.2) is 30.3 Å². The Morgan fingerprint density at radius 2 is 1.70 bits per heavy atom. The molecule has 2 aromatic rings. The van der Waals surface area contributed by atoms with E-state index < -0.39 is 0 Å². The van der Waals surface area contributed by atoms with Crippen LogP contribution in [0.4, 0.5) is 17.3 Å². The van der Waals surface area contributed by atoms with Crippen molar-refractivity contribution in [3.05, 3.63) is 41.2 Å². The first-order valence-electron chi connectivity index (χ1n) is 6.49. The zero-order valence-corrected chi connectivity index (χ0v) is 12.9. The molecule has 0 saturated carbocycles. The smallest absolute Gasteiger partial charge is 0.138 e. The number of aromatic nitrogens is 2. The van der Waals surface area contributed by atoms with Crippen LogP contribution >= 0.6 is 11.6 Å². The first kappa shape index (κ1) is 14.6. The van der Waals surface area contributed by atoms with Gasteiger partial charge >= 0.3 is 0 Å². The fourth-order valence-corrected chi connectivity index (χ4v) is 1.86. The molecule has 2 N–H and O–H groups in total.